The van der Waals surface area contributed by atoms with Crippen molar-refractivity contribution >= 4 is 0 Å². The fourth-order valence-corrected chi connectivity index (χ4v) is 1.68. The molecule has 1 saturated heterocycles. The summed E-state index contributed by atoms with van der Waals surface area (Å²) in [5, 5.41) is 3.20. The number of rotatable bonds is 2. The molecule has 1 aliphatic heterocycles. The number of ether oxygens (including phenoxy) is 1. The molecule has 11 heavy (non-hydrogen) atoms. The number of halogens is 2. The maximum absolute atomic E-state index is 11.7. The summed E-state index contributed by atoms with van der Waals surface area (Å²) in [5.41, 5.74) is 0.194. The van der Waals surface area contributed by atoms with Crippen LogP contribution in [0, 0.1) is 0 Å². The lowest BCUT2D eigenvalue weighted by molar-refractivity contribution is -0.157. The third-order valence-electron chi connectivity index (χ3n) is 2.47. The zero-order valence-corrected chi connectivity index (χ0v) is 6.15. The Balaban J connectivity index is 1.80. The Labute approximate surface area is 63.9 Å². The highest BCUT2D eigenvalue weighted by atomic mass is 19.3. The van der Waals surface area contributed by atoms with Gasteiger partial charge in [-0.2, -0.15) is 8.78 Å². The molecule has 1 unspecified atom stereocenters. The quantitative estimate of drug-likeness (QED) is 0.658. The van der Waals surface area contributed by atoms with Crippen LogP contribution in [0.15, 0.2) is 0 Å². The fraction of sp³-hybridized carbons (Fsp3) is 1.00. The van der Waals surface area contributed by atoms with Gasteiger partial charge in [0.2, 0.25) is 0 Å². The van der Waals surface area contributed by atoms with Crippen molar-refractivity contribution in [3.63, 3.8) is 0 Å². The minimum Gasteiger partial charge on any atom is -0.318 e. The largest absolute Gasteiger partial charge is 0.345 e. The van der Waals surface area contributed by atoms with Crippen LogP contribution in [-0.4, -0.2) is 24.8 Å². The van der Waals surface area contributed by atoms with Gasteiger partial charge in [-0.15, -0.1) is 0 Å². The summed E-state index contributed by atoms with van der Waals surface area (Å²) >= 11 is 0. The van der Waals surface area contributed by atoms with E-state index >= 15 is 0 Å². The van der Waals surface area contributed by atoms with Crippen LogP contribution in [-0.2, 0) is 4.74 Å². The van der Waals surface area contributed by atoms with E-state index in [1.165, 1.54) is 0 Å². The van der Waals surface area contributed by atoms with Crippen LogP contribution in [0.25, 0.3) is 0 Å². The molecule has 2 rings (SSSR count). The predicted molar refractivity (Wildman–Crippen MR) is 35.5 cm³/mol. The lowest BCUT2D eigenvalue weighted by Gasteiger charge is -2.08. The standard InChI is InChI=1S/C7H11F2NO/c8-6(9)11-5-3-7(1-2-7)10-4-5/h5-6,10H,1-4H2. The van der Waals surface area contributed by atoms with Crippen molar-refractivity contribution < 1.29 is 13.5 Å². The molecule has 1 atom stereocenters. The van der Waals surface area contributed by atoms with Crippen molar-refractivity contribution in [2.75, 3.05) is 6.54 Å². The number of alkyl halides is 2. The lowest BCUT2D eigenvalue weighted by Crippen LogP contribution is -2.23. The molecule has 0 bridgehead atoms. The van der Waals surface area contributed by atoms with Gasteiger partial charge in [-0.05, 0) is 19.3 Å². The van der Waals surface area contributed by atoms with Gasteiger partial charge in [-0.3, -0.25) is 0 Å². The Morgan fingerprint density at radius 3 is 2.64 bits per heavy atom. The number of hydrogen-bond acceptors (Lipinski definition) is 2. The SMILES string of the molecule is FC(F)OC1CNC2(CC2)C1. The second-order valence-electron chi connectivity index (χ2n) is 3.38. The highest BCUT2D eigenvalue weighted by Crippen LogP contribution is 2.43. The van der Waals surface area contributed by atoms with Crippen LogP contribution in [0.2, 0.25) is 0 Å². The molecule has 1 saturated carbocycles. The molecule has 0 aromatic rings. The van der Waals surface area contributed by atoms with Gasteiger partial charge in [0.1, 0.15) is 0 Å². The van der Waals surface area contributed by atoms with E-state index in [1.54, 1.807) is 0 Å². The van der Waals surface area contributed by atoms with E-state index in [0.717, 1.165) is 19.3 Å². The summed E-state index contributed by atoms with van der Waals surface area (Å²) in [6.07, 6.45) is 2.74. The van der Waals surface area contributed by atoms with Gasteiger partial charge in [0.25, 0.3) is 0 Å². The molecular formula is C7H11F2NO. The zero-order valence-electron chi connectivity index (χ0n) is 6.15. The first-order valence-electron chi connectivity index (χ1n) is 3.89. The summed E-state index contributed by atoms with van der Waals surface area (Å²) in [7, 11) is 0. The third kappa shape index (κ3) is 1.51. The first-order valence-corrected chi connectivity index (χ1v) is 3.89. The Kier molecular flexibility index (Phi) is 1.61. The molecule has 4 heteroatoms. The van der Waals surface area contributed by atoms with Crippen LogP contribution < -0.4 is 5.32 Å². The Morgan fingerprint density at radius 2 is 2.18 bits per heavy atom. The van der Waals surface area contributed by atoms with Crippen molar-refractivity contribution in [1.29, 1.82) is 0 Å². The molecule has 1 aliphatic carbocycles. The van der Waals surface area contributed by atoms with Crippen LogP contribution in [0.5, 0.6) is 0 Å². The molecule has 1 spiro atoms. The van der Waals surface area contributed by atoms with Gasteiger partial charge < -0.3 is 10.1 Å². The van der Waals surface area contributed by atoms with Crippen molar-refractivity contribution in [2.24, 2.45) is 0 Å². The lowest BCUT2D eigenvalue weighted by atomic mass is 10.2. The Morgan fingerprint density at radius 1 is 1.45 bits per heavy atom. The maximum atomic E-state index is 11.7. The molecule has 1 heterocycles. The number of nitrogens with one attached hydrogen (secondary N) is 1. The van der Waals surface area contributed by atoms with Crippen LogP contribution in [0.3, 0.4) is 0 Å². The van der Waals surface area contributed by atoms with Crippen LogP contribution in [0.4, 0.5) is 8.78 Å². The number of hydrogen-bond donors (Lipinski definition) is 1. The summed E-state index contributed by atoms with van der Waals surface area (Å²) in [6, 6.07) is 0. The monoisotopic (exact) mass is 163 g/mol. The van der Waals surface area contributed by atoms with E-state index in [0.29, 0.717) is 6.54 Å². The van der Waals surface area contributed by atoms with Gasteiger partial charge in [0.15, 0.2) is 0 Å². The van der Waals surface area contributed by atoms with Crippen molar-refractivity contribution in [2.45, 2.75) is 37.5 Å². The van der Waals surface area contributed by atoms with E-state index in [-0.39, 0.29) is 11.6 Å². The normalized spacial score (nSPS) is 33.5. The van der Waals surface area contributed by atoms with Gasteiger partial charge >= 0.3 is 6.61 Å². The van der Waals surface area contributed by atoms with Crippen molar-refractivity contribution in [3.8, 4) is 0 Å². The highest BCUT2D eigenvalue weighted by Gasteiger charge is 2.48. The molecule has 0 amide bonds. The van der Waals surface area contributed by atoms with E-state index < -0.39 is 6.61 Å². The summed E-state index contributed by atoms with van der Waals surface area (Å²) < 4.78 is 27.8. The minimum atomic E-state index is -2.62. The second kappa shape index (κ2) is 2.38. The van der Waals surface area contributed by atoms with E-state index in [1.807, 2.05) is 0 Å². The van der Waals surface area contributed by atoms with Gasteiger partial charge in [0, 0.05) is 12.1 Å². The fourth-order valence-electron chi connectivity index (χ4n) is 1.68. The van der Waals surface area contributed by atoms with Gasteiger partial charge in [-0.25, -0.2) is 0 Å². The molecular weight excluding hydrogens is 152 g/mol. The summed E-state index contributed by atoms with van der Waals surface area (Å²) in [6.45, 7) is -2.03. The highest BCUT2D eigenvalue weighted by molar-refractivity contribution is 5.08. The summed E-state index contributed by atoms with van der Waals surface area (Å²) in [5.74, 6) is 0. The van der Waals surface area contributed by atoms with Gasteiger partial charge in [-0.1, -0.05) is 0 Å². The third-order valence-corrected chi connectivity index (χ3v) is 2.47. The molecule has 2 nitrogen and oxygen atoms in total. The van der Waals surface area contributed by atoms with E-state index in [9.17, 15) is 8.78 Å². The van der Waals surface area contributed by atoms with Crippen LogP contribution in [0.1, 0.15) is 19.3 Å². The molecule has 0 radical (unpaired) electrons. The first-order chi connectivity index (χ1) is 5.20. The van der Waals surface area contributed by atoms with Crippen molar-refractivity contribution in [3.05, 3.63) is 0 Å². The predicted octanol–water partition coefficient (Wildman–Crippen LogP) is 1.12. The van der Waals surface area contributed by atoms with E-state index in [4.69, 9.17) is 0 Å². The maximum Gasteiger partial charge on any atom is 0.345 e. The Hall–Kier alpha value is -0.220. The topological polar surface area (TPSA) is 21.3 Å². The molecule has 0 aromatic carbocycles. The minimum absolute atomic E-state index is 0.194. The average molecular weight is 163 g/mol. The molecule has 1 N–H and O–H groups in total. The van der Waals surface area contributed by atoms with Crippen LogP contribution >= 0.6 is 0 Å². The zero-order chi connectivity index (χ0) is 7.90. The Bertz CT molecular complexity index is 159. The molecule has 2 fully saturated rings. The molecule has 0 aromatic heterocycles. The van der Waals surface area contributed by atoms with Crippen molar-refractivity contribution in [1.82, 2.24) is 5.32 Å². The average Bonchev–Trinajstić information content (AvgIpc) is 2.51. The second-order valence-corrected chi connectivity index (χ2v) is 3.38. The molecule has 2 aliphatic rings. The van der Waals surface area contributed by atoms with E-state index in [2.05, 4.69) is 10.1 Å². The summed E-state index contributed by atoms with van der Waals surface area (Å²) in [4.78, 5) is 0. The molecule has 64 valence electrons. The first kappa shape index (κ1) is 7.43. The smallest absolute Gasteiger partial charge is 0.318 e. The van der Waals surface area contributed by atoms with Gasteiger partial charge in [0.05, 0.1) is 6.10 Å².